The van der Waals surface area contributed by atoms with Crippen LogP contribution in [0.15, 0.2) is 68.8 Å². The molecule has 2 aromatic rings. The van der Waals surface area contributed by atoms with Gasteiger partial charge in [-0.1, -0.05) is 6.07 Å². The van der Waals surface area contributed by atoms with Gasteiger partial charge in [0, 0.05) is 53.0 Å². The fourth-order valence-electron chi connectivity index (χ4n) is 4.73. The highest BCUT2D eigenvalue weighted by atomic mass is 32.2. The minimum absolute atomic E-state index is 0.168. The fraction of sp³-hybridized carbons (Fsp3) is 0.345. The second-order valence-corrected chi connectivity index (χ2v) is 13.6. The number of fused-ring (bicyclic) bond motifs is 2. The lowest BCUT2D eigenvalue weighted by Gasteiger charge is -2.22. The second kappa shape index (κ2) is 10.7. The molecule has 0 fully saturated rings. The zero-order chi connectivity index (χ0) is 28.7. The van der Waals surface area contributed by atoms with Crippen LogP contribution < -0.4 is 14.8 Å². The quantitative estimate of drug-likeness (QED) is 0.182. The lowest BCUT2D eigenvalue weighted by Crippen LogP contribution is -2.25. The number of benzene rings is 3. The molecule has 10 heteroatoms. The number of sulfone groups is 1. The number of anilines is 1. The third-order valence-corrected chi connectivity index (χ3v) is 10.2. The van der Waals surface area contributed by atoms with Crippen molar-refractivity contribution in [2.45, 2.75) is 49.7 Å². The first-order valence-electron chi connectivity index (χ1n) is 13.0. The van der Waals surface area contributed by atoms with Crippen molar-refractivity contribution >= 4 is 36.6 Å². The number of hydrogen-bond acceptors (Lipinski definition) is 6. The van der Waals surface area contributed by atoms with Crippen molar-refractivity contribution in [2.24, 2.45) is 0 Å². The minimum atomic E-state index is -4.79. The molecule has 0 saturated carbocycles. The van der Waals surface area contributed by atoms with Crippen molar-refractivity contribution < 1.29 is 25.8 Å². The summed E-state index contributed by atoms with van der Waals surface area (Å²) in [6.07, 6.45) is 0. The summed E-state index contributed by atoms with van der Waals surface area (Å²) in [6, 6.07) is 15.3. The van der Waals surface area contributed by atoms with Crippen molar-refractivity contribution in [2.75, 3.05) is 31.6 Å². The van der Waals surface area contributed by atoms with E-state index in [0.29, 0.717) is 27.9 Å². The standard InChI is InChI=1S/C29H34N2O6S2/c1-7-30(6)20-10-13-23-26(16-20)37-27-17-21(31(8-2)9-3)11-14-24(27)29(23)25-15-12-22(38(32,33)19(4)5)18-28(25)39(34,35)36/h10-19H,7-9H2,1-6H3/p+1. The average Bonchev–Trinajstić information content (AvgIpc) is 2.90. The number of rotatable bonds is 8. The Morgan fingerprint density at radius 3 is 2.15 bits per heavy atom. The van der Waals surface area contributed by atoms with Gasteiger partial charge in [0.05, 0.1) is 16.2 Å². The molecule has 8 nitrogen and oxygen atoms in total. The van der Waals surface area contributed by atoms with E-state index in [1.54, 1.807) is 0 Å². The zero-order valence-electron chi connectivity index (χ0n) is 23.1. The molecule has 0 atom stereocenters. The Kier molecular flexibility index (Phi) is 7.93. The van der Waals surface area contributed by atoms with Gasteiger partial charge in [0.15, 0.2) is 9.84 Å². The summed E-state index contributed by atoms with van der Waals surface area (Å²) in [5.74, 6) is 0.534. The van der Waals surface area contributed by atoms with E-state index in [4.69, 9.17) is 4.42 Å². The minimum Gasteiger partial charge on any atom is -0.456 e. The van der Waals surface area contributed by atoms with Crippen LogP contribution in [-0.4, -0.2) is 53.3 Å². The molecule has 2 aromatic carbocycles. The van der Waals surface area contributed by atoms with Gasteiger partial charge in [-0.3, -0.25) is 4.55 Å². The van der Waals surface area contributed by atoms with Gasteiger partial charge in [0.1, 0.15) is 29.8 Å². The van der Waals surface area contributed by atoms with E-state index in [-0.39, 0.29) is 10.5 Å². The smallest absolute Gasteiger partial charge is 0.295 e. The highest BCUT2D eigenvalue weighted by molar-refractivity contribution is 7.92. The number of hydrogen-bond donors (Lipinski definition) is 1. The summed E-state index contributed by atoms with van der Waals surface area (Å²) in [5, 5.41) is 0.800. The topological polar surface area (TPSA) is 108 Å². The van der Waals surface area contributed by atoms with E-state index < -0.39 is 30.1 Å². The van der Waals surface area contributed by atoms with E-state index in [1.165, 1.54) is 26.0 Å². The molecule has 0 amide bonds. The van der Waals surface area contributed by atoms with Gasteiger partial charge >= 0.3 is 0 Å². The normalized spacial score (nSPS) is 13.3. The molecule has 39 heavy (non-hydrogen) atoms. The maximum atomic E-state index is 12.9. The molecular formula is C29H35N2O6S2+. The van der Waals surface area contributed by atoms with Crippen molar-refractivity contribution in [3.05, 3.63) is 60.0 Å². The van der Waals surface area contributed by atoms with Gasteiger partial charge in [-0.25, -0.2) is 13.0 Å². The van der Waals surface area contributed by atoms with Crippen LogP contribution in [0.5, 0.6) is 0 Å². The predicted octanol–water partition coefficient (Wildman–Crippen LogP) is 4.90. The van der Waals surface area contributed by atoms with Gasteiger partial charge in [-0.05, 0) is 65.0 Å². The van der Waals surface area contributed by atoms with Gasteiger partial charge in [0.2, 0.25) is 5.36 Å². The predicted molar refractivity (Wildman–Crippen MR) is 156 cm³/mol. The summed E-state index contributed by atoms with van der Waals surface area (Å²) < 4.78 is 69.8. The molecule has 1 N–H and O–H groups in total. The molecule has 4 rings (SSSR count). The van der Waals surface area contributed by atoms with Crippen LogP contribution >= 0.6 is 0 Å². The molecule has 0 saturated heterocycles. The van der Waals surface area contributed by atoms with E-state index in [2.05, 4.69) is 23.3 Å². The Morgan fingerprint density at radius 2 is 1.56 bits per heavy atom. The van der Waals surface area contributed by atoms with Crippen LogP contribution in [0.25, 0.3) is 33.4 Å². The van der Waals surface area contributed by atoms with Crippen LogP contribution in [0.3, 0.4) is 0 Å². The van der Waals surface area contributed by atoms with Crippen LogP contribution in [0.2, 0.25) is 0 Å². The molecule has 1 aliphatic heterocycles. The van der Waals surface area contributed by atoms with E-state index >= 15 is 0 Å². The molecule has 0 unspecified atom stereocenters. The molecule has 0 spiro atoms. The van der Waals surface area contributed by atoms with Crippen molar-refractivity contribution in [3.8, 4) is 22.5 Å². The third-order valence-electron chi connectivity index (χ3n) is 7.18. The summed E-state index contributed by atoms with van der Waals surface area (Å²) in [7, 11) is -6.62. The lowest BCUT2D eigenvalue weighted by atomic mass is 9.93. The molecular weight excluding hydrogens is 536 g/mol. The molecule has 208 valence electrons. The molecule has 0 aromatic heterocycles. The molecule has 0 radical (unpaired) electrons. The monoisotopic (exact) mass is 571 g/mol. The third kappa shape index (κ3) is 5.33. The molecule has 1 aliphatic carbocycles. The summed E-state index contributed by atoms with van der Waals surface area (Å²) in [4.78, 5) is 1.54. The Hall–Kier alpha value is -3.21. The van der Waals surface area contributed by atoms with Gasteiger partial charge in [-0.2, -0.15) is 8.42 Å². The van der Waals surface area contributed by atoms with Crippen LogP contribution in [0.4, 0.5) is 5.69 Å². The van der Waals surface area contributed by atoms with Crippen LogP contribution in [-0.2, 0) is 20.0 Å². The summed E-state index contributed by atoms with van der Waals surface area (Å²) in [6.45, 7) is 11.6. The molecule has 0 bridgehead atoms. The van der Waals surface area contributed by atoms with Crippen LogP contribution in [0.1, 0.15) is 34.6 Å². The maximum Gasteiger partial charge on any atom is 0.295 e. The van der Waals surface area contributed by atoms with Crippen molar-refractivity contribution in [3.63, 3.8) is 0 Å². The lowest BCUT2D eigenvalue weighted by molar-refractivity contribution is 0.483. The van der Waals surface area contributed by atoms with Crippen molar-refractivity contribution in [1.82, 2.24) is 4.58 Å². The average molecular weight is 572 g/mol. The first-order chi connectivity index (χ1) is 18.3. The fourth-order valence-corrected chi connectivity index (χ4v) is 6.62. The first-order valence-corrected chi connectivity index (χ1v) is 16.0. The molecule has 2 aliphatic rings. The Balaban J connectivity index is 2.17. The zero-order valence-corrected chi connectivity index (χ0v) is 24.7. The van der Waals surface area contributed by atoms with E-state index in [9.17, 15) is 21.4 Å². The summed E-state index contributed by atoms with van der Waals surface area (Å²) in [5.41, 5.74) is 2.85. The number of nitrogens with zero attached hydrogens (tertiary/aromatic N) is 2. The van der Waals surface area contributed by atoms with Crippen molar-refractivity contribution in [1.29, 1.82) is 0 Å². The Labute approximate surface area is 230 Å². The van der Waals surface area contributed by atoms with Gasteiger partial charge < -0.3 is 9.32 Å². The molecule has 1 heterocycles. The maximum absolute atomic E-state index is 12.9. The Bertz CT molecular complexity index is 1800. The highest BCUT2D eigenvalue weighted by Crippen LogP contribution is 2.43. The second-order valence-electron chi connectivity index (χ2n) is 9.75. The van der Waals surface area contributed by atoms with E-state index in [1.807, 2.05) is 50.4 Å². The van der Waals surface area contributed by atoms with Gasteiger partial charge in [0.25, 0.3) is 10.1 Å². The summed E-state index contributed by atoms with van der Waals surface area (Å²) >= 11 is 0. The van der Waals surface area contributed by atoms with Crippen LogP contribution in [0, 0.1) is 0 Å². The largest absolute Gasteiger partial charge is 0.456 e. The van der Waals surface area contributed by atoms with E-state index in [0.717, 1.165) is 36.7 Å². The first kappa shape index (κ1) is 28.8. The van der Waals surface area contributed by atoms with Gasteiger partial charge in [-0.15, -0.1) is 0 Å². The Morgan fingerprint density at radius 1 is 0.897 bits per heavy atom. The highest BCUT2D eigenvalue weighted by Gasteiger charge is 2.28. The SMILES string of the molecule is CCN(CC)c1ccc2c(-c3ccc(S(=O)(=O)C(C)C)cc3S(=O)(=O)O)c3ccc(=[N+](C)CC)cc-3oc2c1.